The van der Waals surface area contributed by atoms with Crippen molar-refractivity contribution in [3.63, 3.8) is 0 Å². The molecule has 1 fully saturated rings. The van der Waals surface area contributed by atoms with E-state index in [1.165, 1.54) is 9.80 Å². The van der Waals surface area contributed by atoms with E-state index in [0.717, 1.165) is 5.56 Å². The molecule has 2 aromatic carbocycles. The van der Waals surface area contributed by atoms with Crippen molar-refractivity contribution in [1.29, 1.82) is 0 Å². The van der Waals surface area contributed by atoms with E-state index in [1.807, 2.05) is 38.1 Å². The van der Waals surface area contributed by atoms with E-state index in [9.17, 15) is 15.0 Å². The lowest BCUT2D eigenvalue weighted by atomic mass is 9.97. The molecule has 2 aromatic rings. The third kappa shape index (κ3) is 1.86. The number of hydrogen-bond acceptors (Lipinski definition) is 4. The van der Waals surface area contributed by atoms with Gasteiger partial charge >= 0.3 is 0 Å². The van der Waals surface area contributed by atoms with Gasteiger partial charge in [0, 0.05) is 23.4 Å². The molecule has 0 bridgehead atoms. The van der Waals surface area contributed by atoms with Crippen molar-refractivity contribution >= 4 is 28.8 Å². The van der Waals surface area contributed by atoms with Crippen molar-refractivity contribution in [3.8, 4) is 0 Å². The van der Waals surface area contributed by atoms with Crippen LogP contribution in [0, 0.1) is 6.92 Å². The molecule has 2 atom stereocenters. The van der Waals surface area contributed by atoms with Gasteiger partial charge in [-0.3, -0.25) is 9.69 Å². The molecule has 5 nitrogen and oxygen atoms in total. The number of anilines is 1. The molecule has 0 amide bonds. The van der Waals surface area contributed by atoms with Crippen molar-refractivity contribution in [3.05, 3.63) is 65.2 Å². The van der Waals surface area contributed by atoms with Crippen molar-refractivity contribution < 1.29 is 15.0 Å². The van der Waals surface area contributed by atoms with Crippen LogP contribution >= 0.6 is 12.2 Å². The fraction of sp³-hybridized carbons (Fsp3) is 0.300. The fourth-order valence-corrected chi connectivity index (χ4v) is 4.44. The number of carbonyl (C=O) groups is 1. The normalized spacial score (nSPS) is 27.1. The minimum Gasteiger partial charge on any atom is -0.362 e. The molecule has 4 rings (SSSR count). The summed E-state index contributed by atoms with van der Waals surface area (Å²) in [5, 5.41) is 23.6. The molecule has 6 heteroatoms. The Morgan fingerprint density at radius 2 is 1.69 bits per heavy atom. The van der Waals surface area contributed by atoms with Crippen molar-refractivity contribution in [2.24, 2.45) is 0 Å². The fourth-order valence-electron chi connectivity index (χ4n) is 3.98. The zero-order valence-electron chi connectivity index (χ0n) is 14.6. The number of fused-ring (bicyclic) bond motifs is 3. The highest BCUT2D eigenvalue weighted by molar-refractivity contribution is 7.80. The Bertz CT molecular complexity index is 914. The molecule has 134 valence electrons. The number of hydrogen-bond donors (Lipinski definition) is 2. The van der Waals surface area contributed by atoms with E-state index in [0.29, 0.717) is 29.8 Å². The molecule has 1 aliphatic heterocycles. The first-order valence-corrected chi connectivity index (χ1v) is 9.05. The number of benzene rings is 2. The SMILES string of the molecule is CCCN1C(=S)N(c2ccc(C)cc2)[C@@]2(O)c3ccccc3C(=O)[C@@]12O. The number of carbonyl (C=O) groups excluding carboxylic acids is 1. The van der Waals surface area contributed by atoms with E-state index in [1.54, 1.807) is 24.3 Å². The predicted molar refractivity (Wildman–Crippen MR) is 103 cm³/mol. The van der Waals surface area contributed by atoms with Gasteiger partial charge in [0.1, 0.15) is 0 Å². The van der Waals surface area contributed by atoms with E-state index >= 15 is 0 Å². The predicted octanol–water partition coefficient (Wildman–Crippen LogP) is 2.54. The Kier molecular flexibility index (Phi) is 3.70. The second-order valence-electron chi connectivity index (χ2n) is 6.82. The number of aryl methyl sites for hydroxylation is 1. The highest BCUT2D eigenvalue weighted by Crippen LogP contribution is 2.54. The van der Waals surface area contributed by atoms with Gasteiger partial charge < -0.3 is 15.1 Å². The van der Waals surface area contributed by atoms with Crippen LogP contribution in [0.2, 0.25) is 0 Å². The molecule has 1 heterocycles. The summed E-state index contributed by atoms with van der Waals surface area (Å²) < 4.78 is 0. The third-order valence-electron chi connectivity index (χ3n) is 5.23. The van der Waals surface area contributed by atoms with E-state index in [2.05, 4.69) is 0 Å². The van der Waals surface area contributed by atoms with Crippen LogP contribution in [0.15, 0.2) is 48.5 Å². The van der Waals surface area contributed by atoms with Gasteiger partial charge in [0.05, 0.1) is 0 Å². The maximum atomic E-state index is 13.1. The smallest absolute Gasteiger partial charge is 0.259 e. The quantitative estimate of drug-likeness (QED) is 0.812. The van der Waals surface area contributed by atoms with E-state index < -0.39 is 17.2 Å². The van der Waals surface area contributed by atoms with Gasteiger partial charge in [-0.2, -0.15) is 0 Å². The van der Waals surface area contributed by atoms with Crippen LogP contribution in [-0.4, -0.2) is 38.3 Å². The molecule has 2 aliphatic rings. The topological polar surface area (TPSA) is 64.0 Å². The number of ketones is 1. The number of Topliss-reactive ketones (excluding diaryl/α,β-unsaturated/α-hetero) is 1. The summed E-state index contributed by atoms with van der Waals surface area (Å²) in [6.45, 7) is 4.26. The Labute approximate surface area is 157 Å². The molecule has 0 spiro atoms. The molecule has 0 saturated carbocycles. The van der Waals surface area contributed by atoms with Gasteiger partial charge in [0.25, 0.3) is 5.72 Å². The van der Waals surface area contributed by atoms with Crippen LogP contribution in [-0.2, 0) is 5.72 Å². The number of nitrogens with zero attached hydrogens (tertiary/aromatic N) is 2. The lowest BCUT2D eigenvalue weighted by molar-refractivity contribution is -0.153. The highest BCUT2D eigenvalue weighted by atomic mass is 32.1. The van der Waals surface area contributed by atoms with Gasteiger partial charge in [-0.25, -0.2) is 0 Å². The molecule has 26 heavy (non-hydrogen) atoms. The maximum absolute atomic E-state index is 13.1. The van der Waals surface area contributed by atoms with Gasteiger partial charge in [-0.15, -0.1) is 0 Å². The zero-order valence-corrected chi connectivity index (χ0v) is 15.5. The van der Waals surface area contributed by atoms with Crippen LogP contribution in [0.5, 0.6) is 0 Å². The monoisotopic (exact) mass is 368 g/mol. The number of thiocarbonyl (C=S) groups is 1. The summed E-state index contributed by atoms with van der Waals surface area (Å²) in [6.07, 6.45) is 0.671. The summed E-state index contributed by atoms with van der Waals surface area (Å²) in [6, 6.07) is 14.3. The largest absolute Gasteiger partial charge is 0.362 e. The van der Waals surface area contributed by atoms with Gasteiger partial charge in [-0.1, -0.05) is 48.9 Å². The van der Waals surface area contributed by atoms with Crippen LogP contribution in [0.25, 0.3) is 0 Å². The number of aliphatic hydroxyl groups is 2. The van der Waals surface area contributed by atoms with Gasteiger partial charge in [0.2, 0.25) is 11.5 Å². The summed E-state index contributed by atoms with van der Waals surface area (Å²) >= 11 is 5.60. The maximum Gasteiger partial charge on any atom is 0.259 e. The first-order valence-electron chi connectivity index (χ1n) is 8.65. The molecule has 1 aliphatic carbocycles. The van der Waals surface area contributed by atoms with Crippen LogP contribution in [0.1, 0.15) is 34.8 Å². The summed E-state index contributed by atoms with van der Waals surface area (Å²) in [5.74, 6) is -0.527. The van der Waals surface area contributed by atoms with Crippen LogP contribution < -0.4 is 4.90 Å². The summed E-state index contributed by atoms with van der Waals surface area (Å²) in [7, 11) is 0. The lowest BCUT2D eigenvalue weighted by Crippen LogP contribution is -2.60. The summed E-state index contributed by atoms with van der Waals surface area (Å²) in [4.78, 5) is 16.1. The summed E-state index contributed by atoms with van der Waals surface area (Å²) in [5.41, 5.74) is -1.73. The Morgan fingerprint density at radius 1 is 1.04 bits per heavy atom. The lowest BCUT2D eigenvalue weighted by Gasteiger charge is -2.37. The molecular weight excluding hydrogens is 348 g/mol. The highest BCUT2D eigenvalue weighted by Gasteiger charge is 2.74. The minimum atomic E-state index is -2.14. The Hall–Kier alpha value is -2.28. The van der Waals surface area contributed by atoms with Crippen LogP contribution in [0.4, 0.5) is 5.69 Å². The van der Waals surface area contributed by atoms with Crippen LogP contribution in [0.3, 0.4) is 0 Å². The van der Waals surface area contributed by atoms with Crippen molar-refractivity contribution in [2.75, 3.05) is 11.4 Å². The Balaban J connectivity index is 2.00. The third-order valence-corrected chi connectivity index (χ3v) is 5.63. The standard InChI is InChI=1S/C20H20N2O3S/c1-3-12-21-18(26)22(14-10-8-13(2)9-11-14)19(24)16-7-5-4-6-15(16)17(23)20(19,21)25/h4-11,24-25H,3,12H2,1-2H3/t19-,20+/m1/s1. The van der Waals surface area contributed by atoms with Crippen molar-refractivity contribution in [2.45, 2.75) is 31.7 Å². The first-order chi connectivity index (χ1) is 12.4. The van der Waals surface area contributed by atoms with Gasteiger partial charge in [-0.05, 0) is 37.7 Å². The minimum absolute atomic E-state index is 0.239. The molecule has 2 N–H and O–H groups in total. The molecule has 0 radical (unpaired) electrons. The second-order valence-corrected chi connectivity index (χ2v) is 7.19. The van der Waals surface area contributed by atoms with E-state index in [-0.39, 0.29) is 5.11 Å². The number of rotatable bonds is 3. The average Bonchev–Trinajstić information content (AvgIpc) is 2.92. The van der Waals surface area contributed by atoms with E-state index in [4.69, 9.17) is 12.2 Å². The zero-order chi connectivity index (χ0) is 18.7. The molecular formula is C20H20N2O3S. The van der Waals surface area contributed by atoms with Crippen molar-refractivity contribution in [1.82, 2.24) is 4.90 Å². The first kappa shape index (κ1) is 17.1. The average molecular weight is 368 g/mol. The molecule has 0 aromatic heterocycles. The second kappa shape index (κ2) is 5.61. The van der Waals surface area contributed by atoms with Gasteiger partial charge in [0.15, 0.2) is 5.11 Å². The molecule has 1 saturated heterocycles. The Morgan fingerprint density at radius 3 is 2.35 bits per heavy atom. The molecule has 0 unspecified atom stereocenters.